The smallest absolute Gasteiger partial charge is 0.306 e. The summed E-state index contributed by atoms with van der Waals surface area (Å²) in [6.07, 6.45) is 78.7. The first kappa shape index (κ1) is 75.4. The SMILES string of the molecule is CCCCCCCCCCCCCCCCCCCCCCCCCCCCCCCC(=O)OCC(COC(=O)CCCCCCCCCCC)OC(=O)CCCCCCCCCCCCCCCCCCCCCCC. The molecule has 0 saturated carbocycles. The summed E-state index contributed by atoms with van der Waals surface area (Å²) in [5.41, 5.74) is 0. The van der Waals surface area contributed by atoms with Gasteiger partial charge in [-0.25, -0.2) is 0 Å². The van der Waals surface area contributed by atoms with Crippen molar-refractivity contribution in [3.8, 4) is 0 Å². The quantitative estimate of drug-likeness (QED) is 0.0343. The third-order valence-electron chi connectivity index (χ3n) is 16.6. The van der Waals surface area contributed by atoms with Gasteiger partial charge in [-0.15, -0.1) is 0 Å². The van der Waals surface area contributed by atoms with Crippen LogP contribution in [0, 0.1) is 0 Å². The van der Waals surface area contributed by atoms with Gasteiger partial charge >= 0.3 is 17.9 Å². The zero-order valence-corrected chi connectivity index (χ0v) is 52.8. The van der Waals surface area contributed by atoms with Gasteiger partial charge in [0.1, 0.15) is 13.2 Å². The number of hydrogen-bond donors (Lipinski definition) is 0. The van der Waals surface area contributed by atoms with Crippen LogP contribution in [0.15, 0.2) is 0 Å². The molecule has 0 amide bonds. The van der Waals surface area contributed by atoms with Crippen molar-refractivity contribution in [2.75, 3.05) is 13.2 Å². The van der Waals surface area contributed by atoms with Gasteiger partial charge in [-0.1, -0.05) is 380 Å². The van der Waals surface area contributed by atoms with Crippen LogP contribution in [0.4, 0.5) is 0 Å². The van der Waals surface area contributed by atoms with Crippen molar-refractivity contribution in [2.45, 2.75) is 425 Å². The number of esters is 3. The fourth-order valence-corrected chi connectivity index (χ4v) is 11.3. The van der Waals surface area contributed by atoms with Crippen LogP contribution in [-0.2, 0) is 28.6 Å². The molecule has 0 radical (unpaired) electrons. The topological polar surface area (TPSA) is 78.9 Å². The Kier molecular flexibility index (Phi) is 65.5. The third kappa shape index (κ3) is 65.1. The highest BCUT2D eigenvalue weighted by Crippen LogP contribution is 2.20. The maximum Gasteiger partial charge on any atom is 0.306 e. The minimum absolute atomic E-state index is 0.0608. The van der Waals surface area contributed by atoms with Gasteiger partial charge in [0, 0.05) is 19.3 Å². The third-order valence-corrected chi connectivity index (χ3v) is 16.6. The normalized spacial score (nSPS) is 11.9. The van der Waals surface area contributed by atoms with Gasteiger partial charge in [-0.3, -0.25) is 14.4 Å². The zero-order valence-electron chi connectivity index (χ0n) is 52.8. The number of ether oxygens (including phenoxy) is 3. The molecule has 0 aliphatic carbocycles. The summed E-state index contributed by atoms with van der Waals surface area (Å²) in [4.78, 5) is 38.3. The van der Waals surface area contributed by atoms with Crippen molar-refractivity contribution in [1.82, 2.24) is 0 Å². The molecule has 0 spiro atoms. The first-order valence-electron chi connectivity index (χ1n) is 35.5. The van der Waals surface area contributed by atoms with Crippen molar-refractivity contribution in [1.29, 1.82) is 0 Å². The van der Waals surface area contributed by atoms with E-state index in [0.717, 1.165) is 57.8 Å². The molecule has 77 heavy (non-hydrogen) atoms. The standard InChI is InChI=1S/C71H138O6/c1-4-7-10-13-16-19-21-23-25-27-29-31-32-33-34-35-36-37-38-40-41-43-45-47-49-52-55-58-61-64-70(73)76-67-68(66-75-69(72)63-60-57-54-51-18-15-12-9-6-3)77-71(74)65-62-59-56-53-50-48-46-44-42-39-30-28-26-24-22-20-17-14-11-8-5-2/h68H,4-67H2,1-3H3. The van der Waals surface area contributed by atoms with E-state index in [4.69, 9.17) is 14.2 Å². The average Bonchev–Trinajstić information content (AvgIpc) is 3.43. The average molecular weight is 1090 g/mol. The maximum absolute atomic E-state index is 12.9. The van der Waals surface area contributed by atoms with E-state index in [1.807, 2.05) is 0 Å². The van der Waals surface area contributed by atoms with E-state index in [1.165, 1.54) is 321 Å². The molecule has 0 aromatic carbocycles. The van der Waals surface area contributed by atoms with Crippen LogP contribution >= 0.6 is 0 Å². The molecule has 0 aliphatic heterocycles. The van der Waals surface area contributed by atoms with Crippen molar-refractivity contribution in [2.24, 2.45) is 0 Å². The Bertz CT molecular complexity index is 1160. The highest BCUT2D eigenvalue weighted by molar-refractivity contribution is 5.71. The molecule has 1 atom stereocenters. The number of rotatable bonds is 67. The van der Waals surface area contributed by atoms with Gasteiger partial charge in [0.05, 0.1) is 0 Å². The first-order valence-corrected chi connectivity index (χ1v) is 35.5. The van der Waals surface area contributed by atoms with Gasteiger partial charge in [0.25, 0.3) is 0 Å². The van der Waals surface area contributed by atoms with Gasteiger partial charge in [-0.05, 0) is 19.3 Å². The molecule has 0 rings (SSSR count). The molecule has 458 valence electrons. The molecule has 0 N–H and O–H groups in total. The maximum atomic E-state index is 12.9. The van der Waals surface area contributed by atoms with Gasteiger partial charge < -0.3 is 14.2 Å². The van der Waals surface area contributed by atoms with Crippen LogP contribution < -0.4 is 0 Å². The predicted molar refractivity (Wildman–Crippen MR) is 335 cm³/mol. The zero-order chi connectivity index (χ0) is 55.7. The van der Waals surface area contributed by atoms with Crippen LogP contribution in [0.1, 0.15) is 419 Å². The van der Waals surface area contributed by atoms with E-state index in [-0.39, 0.29) is 31.1 Å². The minimum Gasteiger partial charge on any atom is -0.462 e. The Balaban J connectivity index is 4.04. The van der Waals surface area contributed by atoms with Crippen LogP contribution in [0.2, 0.25) is 0 Å². The van der Waals surface area contributed by atoms with E-state index in [1.54, 1.807) is 0 Å². The molecule has 1 unspecified atom stereocenters. The fourth-order valence-electron chi connectivity index (χ4n) is 11.3. The van der Waals surface area contributed by atoms with Crippen molar-refractivity contribution >= 4 is 17.9 Å². The molecular formula is C71H138O6. The predicted octanol–water partition coefficient (Wildman–Crippen LogP) is 24.2. The molecule has 0 aromatic rings. The summed E-state index contributed by atoms with van der Waals surface area (Å²) in [7, 11) is 0. The molecule has 0 aliphatic rings. The van der Waals surface area contributed by atoms with Gasteiger partial charge in [0.2, 0.25) is 0 Å². The van der Waals surface area contributed by atoms with Crippen LogP contribution in [0.3, 0.4) is 0 Å². The van der Waals surface area contributed by atoms with Crippen LogP contribution in [0.5, 0.6) is 0 Å². The molecular weight excluding hydrogens is 949 g/mol. The fraction of sp³-hybridized carbons (Fsp3) is 0.958. The lowest BCUT2D eigenvalue weighted by Gasteiger charge is -2.18. The highest BCUT2D eigenvalue weighted by atomic mass is 16.6. The summed E-state index contributed by atoms with van der Waals surface area (Å²) in [5.74, 6) is -0.827. The van der Waals surface area contributed by atoms with Gasteiger partial charge in [-0.2, -0.15) is 0 Å². The minimum atomic E-state index is -0.762. The molecule has 0 aromatic heterocycles. The Morgan fingerprint density at radius 2 is 0.351 bits per heavy atom. The summed E-state index contributed by atoms with van der Waals surface area (Å²) >= 11 is 0. The van der Waals surface area contributed by atoms with Gasteiger partial charge in [0.15, 0.2) is 6.10 Å². The molecule has 6 heteroatoms. The van der Waals surface area contributed by atoms with Crippen molar-refractivity contribution in [3.63, 3.8) is 0 Å². The Hall–Kier alpha value is -1.59. The Labute approximate surface area is 482 Å². The van der Waals surface area contributed by atoms with Crippen LogP contribution in [-0.4, -0.2) is 37.2 Å². The number of unbranched alkanes of at least 4 members (excludes halogenated alkanes) is 56. The monoisotopic (exact) mass is 1090 g/mol. The van der Waals surface area contributed by atoms with E-state index in [0.29, 0.717) is 19.3 Å². The lowest BCUT2D eigenvalue weighted by molar-refractivity contribution is -0.167. The van der Waals surface area contributed by atoms with Crippen molar-refractivity contribution in [3.05, 3.63) is 0 Å². The largest absolute Gasteiger partial charge is 0.462 e. The lowest BCUT2D eigenvalue weighted by atomic mass is 10.0. The second-order valence-corrected chi connectivity index (χ2v) is 24.5. The lowest BCUT2D eigenvalue weighted by Crippen LogP contribution is -2.30. The second kappa shape index (κ2) is 66.9. The van der Waals surface area contributed by atoms with Crippen molar-refractivity contribution < 1.29 is 28.6 Å². The molecule has 0 saturated heterocycles. The van der Waals surface area contributed by atoms with E-state index >= 15 is 0 Å². The Morgan fingerprint density at radius 1 is 0.208 bits per heavy atom. The molecule has 0 fully saturated rings. The Morgan fingerprint density at radius 3 is 0.519 bits per heavy atom. The molecule has 0 bridgehead atoms. The summed E-state index contributed by atoms with van der Waals surface area (Å²) in [6.45, 7) is 6.72. The number of hydrogen-bond acceptors (Lipinski definition) is 6. The number of carbonyl (C=O) groups excluding carboxylic acids is 3. The van der Waals surface area contributed by atoms with E-state index < -0.39 is 6.10 Å². The number of carbonyl (C=O) groups is 3. The molecule has 0 heterocycles. The summed E-state index contributed by atoms with van der Waals surface area (Å²) in [6, 6.07) is 0. The highest BCUT2D eigenvalue weighted by Gasteiger charge is 2.19. The van der Waals surface area contributed by atoms with Crippen LogP contribution in [0.25, 0.3) is 0 Å². The second-order valence-electron chi connectivity index (χ2n) is 24.5. The van der Waals surface area contributed by atoms with E-state index in [2.05, 4.69) is 20.8 Å². The summed E-state index contributed by atoms with van der Waals surface area (Å²) in [5, 5.41) is 0. The summed E-state index contributed by atoms with van der Waals surface area (Å²) < 4.78 is 16.9. The molecule has 6 nitrogen and oxygen atoms in total. The first-order chi connectivity index (χ1) is 38.0. The van der Waals surface area contributed by atoms with E-state index in [9.17, 15) is 14.4 Å².